The SMILES string of the molecule is CC1CC(NC(=O)C(C)(C)C(C)(C)N)CCO1. The quantitative estimate of drug-likeness (QED) is 0.787. The van der Waals surface area contributed by atoms with Gasteiger partial charge in [0.15, 0.2) is 0 Å². The number of carbonyl (C=O) groups is 1. The second kappa shape index (κ2) is 4.94. The van der Waals surface area contributed by atoms with Gasteiger partial charge in [-0.3, -0.25) is 4.79 Å². The van der Waals surface area contributed by atoms with E-state index in [1.807, 2.05) is 34.6 Å². The molecule has 1 fully saturated rings. The van der Waals surface area contributed by atoms with E-state index in [-0.39, 0.29) is 18.1 Å². The Bertz CT molecular complexity index is 282. The average Bonchev–Trinajstić information content (AvgIpc) is 2.15. The van der Waals surface area contributed by atoms with Crippen LogP contribution < -0.4 is 11.1 Å². The van der Waals surface area contributed by atoms with E-state index in [4.69, 9.17) is 10.5 Å². The normalized spacial score (nSPS) is 26.7. The zero-order valence-corrected chi connectivity index (χ0v) is 11.7. The van der Waals surface area contributed by atoms with Crippen LogP contribution in [0.3, 0.4) is 0 Å². The first-order valence-electron chi connectivity index (χ1n) is 6.36. The molecule has 1 aliphatic heterocycles. The maximum Gasteiger partial charge on any atom is 0.227 e. The van der Waals surface area contributed by atoms with Crippen molar-refractivity contribution >= 4 is 5.91 Å². The highest BCUT2D eigenvalue weighted by Crippen LogP contribution is 2.29. The molecule has 0 bridgehead atoms. The minimum absolute atomic E-state index is 0.0316. The molecule has 3 N–H and O–H groups in total. The molecule has 1 heterocycles. The van der Waals surface area contributed by atoms with Crippen molar-refractivity contribution in [1.29, 1.82) is 0 Å². The fraction of sp³-hybridized carbons (Fsp3) is 0.923. The van der Waals surface area contributed by atoms with E-state index in [0.717, 1.165) is 19.4 Å². The Morgan fingerprint density at radius 1 is 1.35 bits per heavy atom. The molecule has 100 valence electrons. The zero-order valence-electron chi connectivity index (χ0n) is 11.7. The van der Waals surface area contributed by atoms with Crippen molar-refractivity contribution < 1.29 is 9.53 Å². The number of ether oxygens (including phenoxy) is 1. The lowest BCUT2D eigenvalue weighted by Gasteiger charge is -2.39. The molecule has 17 heavy (non-hydrogen) atoms. The predicted molar refractivity (Wildman–Crippen MR) is 68.6 cm³/mol. The van der Waals surface area contributed by atoms with Gasteiger partial charge < -0.3 is 15.8 Å². The van der Waals surface area contributed by atoms with Crippen LogP contribution >= 0.6 is 0 Å². The molecule has 0 aromatic rings. The molecule has 0 aromatic heterocycles. The molecule has 1 amide bonds. The number of hydrogen-bond donors (Lipinski definition) is 2. The molecule has 2 atom stereocenters. The standard InChI is InChI=1S/C13H26N2O2/c1-9-8-10(6-7-17-9)15-11(16)12(2,3)13(4,5)14/h9-10H,6-8,14H2,1-5H3,(H,15,16). The number of nitrogens with two attached hydrogens (primary N) is 1. The summed E-state index contributed by atoms with van der Waals surface area (Å²) < 4.78 is 5.47. The number of carbonyl (C=O) groups excluding carboxylic acids is 1. The first-order chi connectivity index (χ1) is 7.64. The smallest absolute Gasteiger partial charge is 0.227 e. The molecule has 0 aliphatic carbocycles. The van der Waals surface area contributed by atoms with E-state index in [1.165, 1.54) is 0 Å². The molecular weight excluding hydrogens is 216 g/mol. The Hall–Kier alpha value is -0.610. The van der Waals surface area contributed by atoms with Gasteiger partial charge in [0.2, 0.25) is 5.91 Å². The molecule has 4 heteroatoms. The lowest BCUT2D eigenvalue weighted by atomic mass is 9.74. The topological polar surface area (TPSA) is 64.4 Å². The zero-order chi connectivity index (χ0) is 13.3. The maximum absolute atomic E-state index is 12.3. The second-order valence-electron chi connectivity index (χ2n) is 6.22. The molecule has 1 saturated heterocycles. The molecule has 0 radical (unpaired) electrons. The highest BCUT2D eigenvalue weighted by Gasteiger charge is 2.41. The summed E-state index contributed by atoms with van der Waals surface area (Å²) in [4.78, 5) is 12.3. The highest BCUT2D eigenvalue weighted by molar-refractivity contribution is 5.83. The second-order valence-corrected chi connectivity index (χ2v) is 6.22. The first kappa shape index (κ1) is 14.5. The molecule has 4 nitrogen and oxygen atoms in total. The Morgan fingerprint density at radius 2 is 1.94 bits per heavy atom. The number of amides is 1. The predicted octanol–water partition coefficient (Wildman–Crippen LogP) is 1.43. The van der Waals surface area contributed by atoms with Gasteiger partial charge in [-0.15, -0.1) is 0 Å². The molecule has 0 saturated carbocycles. The molecule has 1 aliphatic rings. The Kier molecular flexibility index (Phi) is 4.20. The summed E-state index contributed by atoms with van der Waals surface area (Å²) in [6, 6.07) is 0.216. The number of rotatable bonds is 3. The molecular formula is C13H26N2O2. The van der Waals surface area contributed by atoms with E-state index in [0.29, 0.717) is 0 Å². The van der Waals surface area contributed by atoms with Gasteiger partial charge in [-0.25, -0.2) is 0 Å². The highest BCUT2D eigenvalue weighted by atomic mass is 16.5. The van der Waals surface area contributed by atoms with Gasteiger partial charge in [0.25, 0.3) is 0 Å². The van der Waals surface area contributed by atoms with Crippen LogP contribution in [-0.4, -0.2) is 30.2 Å². The first-order valence-corrected chi connectivity index (χ1v) is 6.36. The summed E-state index contributed by atoms with van der Waals surface area (Å²) in [6.07, 6.45) is 1.99. The molecule has 0 aromatic carbocycles. The van der Waals surface area contributed by atoms with Gasteiger partial charge >= 0.3 is 0 Å². The fourth-order valence-corrected chi connectivity index (χ4v) is 1.79. The van der Waals surface area contributed by atoms with Gasteiger partial charge in [0.1, 0.15) is 0 Å². The van der Waals surface area contributed by atoms with Gasteiger partial charge in [0.05, 0.1) is 11.5 Å². The maximum atomic E-state index is 12.3. The van der Waals surface area contributed by atoms with Crippen molar-refractivity contribution in [2.24, 2.45) is 11.1 Å². The van der Waals surface area contributed by atoms with Gasteiger partial charge in [-0.2, -0.15) is 0 Å². The fourth-order valence-electron chi connectivity index (χ4n) is 1.79. The Balaban J connectivity index is 2.60. The average molecular weight is 242 g/mol. The molecule has 1 rings (SSSR count). The number of hydrogen-bond acceptors (Lipinski definition) is 3. The van der Waals surface area contributed by atoms with Crippen LogP contribution in [0.15, 0.2) is 0 Å². The van der Waals surface area contributed by atoms with Crippen LogP contribution in [0.2, 0.25) is 0 Å². The minimum Gasteiger partial charge on any atom is -0.378 e. The van der Waals surface area contributed by atoms with Crippen molar-refractivity contribution in [2.45, 2.75) is 65.1 Å². The summed E-state index contributed by atoms with van der Waals surface area (Å²) in [5.41, 5.74) is 4.95. The Labute approximate surface area is 104 Å². The van der Waals surface area contributed by atoms with E-state index < -0.39 is 11.0 Å². The summed E-state index contributed by atoms with van der Waals surface area (Å²) >= 11 is 0. The third-order valence-corrected chi connectivity index (χ3v) is 4.00. The summed E-state index contributed by atoms with van der Waals surface area (Å²) in [5.74, 6) is 0.0316. The van der Waals surface area contributed by atoms with Crippen LogP contribution in [0.4, 0.5) is 0 Å². The van der Waals surface area contributed by atoms with Gasteiger partial charge in [-0.05, 0) is 47.5 Å². The summed E-state index contributed by atoms with van der Waals surface area (Å²) in [7, 11) is 0. The van der Waals surface area contributed by atoms with Crippen molar-refractivity contribution in [2.75, 3.05) is 6.61 Å². The monoisotopic (exact) mass is 242 g/mol. The van der Waals surface area contributed by atoms with Crippen LogP contribution in [0.1, 0.15) is 47.5 Å². The van der Waals surface area contributed by atoms with E-state index >= 15 is 0 Å². The Morgan fingerprint density at radius 3 is 2.41 bits per heavy atom. The van der Waals surface area contributed by atoms with Gasteiger partial charge in [0, 0.05) is 18.2 Å². The van der Waals surface area contributed by atoms with E-state index in [2.05, 4.69) is 5.32 Å². The number of nitrogens with one attached hydrogen (secondary N) is 1. The van der Waals surface area contributed by atoms with E-state index in [1.54, 1.807) is 0 Å². The molecule has 0 spiro atoms. The lowest BCUT2D eigenvalue weighted by Crippen LogP contribution is -2.57. The molecule has 2 unspecified atom stereocenters. The largest absolute Gasteiger partial charge is 0.378 e. The van der Waals surface area contributed by atoms with Gasteiger partial charge in [-0.1, -0.05) is 0 Å². The van der Waals surface area contributed by atoms with Crippen molar-refractivity contribution in [3.63, 3.8) is 0 Å². The van der Waals surface area contributed by atoms with Crippen molar-refractivity contribution in [1.82, 2.24) is 5.32 Å². The minimum atomic E-state index is -0.575. The third-order valence-electron chi connectivity index (χ3n) is 4.00. The summed E-state index contributed by atoms with van der Waals surface area (Å²) in [6.45, 7) is 10.3. The third kappa shape index (κ3) is 3.42. The van der Waals surface area contributed by atoms with E-state index in [9.17, 15) is 4.79 Å². The van der Waals surface area contributed by atoms with Crippen LogP contribution in [-0.2, 0) is 9.53 Å². The van der Waals surface area contributed by atoms with Crippen molar-refractivity contribution in [3.05, 3.63) is 0 Å². The van der Waals surface area contributed by atoms with Crippen molar-refractivity contribution in [3.8, 4) is 0 Å². The summed E-state index contributed by atoms with van der Waals surface area (Å²) in [5, 5.41) is 3.10. The lowest BCUT2D eigenvalue weighted by molar-refractivity contribution is -0.134. The van der Waals surface area contributed by atoms with Crippen LogP contribution in [0, 0.1) is 5.41 Å². The van der Waals surface area contributed by atoms with Crippen LogP contribution in [0.25, 0.3) is 0 Å². The van der Waals surface area contributed by atoms with Crippen LogP contribution in [0.5, 0.6) is 0 Å².